The Labute approximate surface area is 95.6 Å². The number of aliphatic hydroxyl groups excluding tert-OH is 1. The zero-order chi connectivity index (χ0) is 11.4. The second-order valence-corrected chi connectivity index (χ2v) is 3.53. The van der Waals surface area contributed by atoms with Crippen LogP contribution in [-0.4, -0.2) is 10.9 Å². The summed E-state index contributed by atoms with van der Waals surface area (Å²) in [6, 6.07) is 5.37. The lowest BCUT2D eigenvalue weighted by molar-refractivity contribution is -0.114. The molecule has 4 heteroatoms. The molecule has 0 aliphatic heterocycles. The molecule has 0 aliphatic rings. The first kappa shape index (κ1) is 12.1. The number of rotatable bonds is 3. The summed E-state index contributed by atoms with van der Waals surface area (Å²) in [4.78, 5) is 12.5. The molecule has 1 aromatic rings. The molecule has 0 fully saturated rings. The van der Waals surface area contributed by atoms with E-state index in [4.69, 9.17) is 0 Å². The van der Waals surface area contributed by atoms with Crippen LogP contribution in [0, 0.1) is 5.82 Å². The quantitative estimate of drug-likeness (QED) is 0.860. The van der Waals surface area contributed by atoms with Gasteiger partial charge in [0.2, 0.25) is 0 Å². The lowest BCUT2D eigenvalue weighted by atomic mass is 10.0. The summed E-state index contributed by atoms with van der Waals surface area (Å²) in [5, 5.41) is 9.80. The van der Waals surface area contributed by atoms with Gasteiger partial charge in [0, 0.05) is 5.57 Å². The van der Waals surface area contributed by atoms with Gasteiger partial charge < -0.3 is 5.11 Å². The summed E-state index contributed by atoms with van der Waals surface area (Å²) in [7, 11) is 0. The normalized spacial score (nSPS) is 13.7. The van der Waals surface area contributed by atoms with Crippen LogP contribution in [0.2, 0.25) is 0 Å². The first-order valence-electron chi connectivity index (χ1n) is 4.31. The third kappa shape index (κ3) is 2.97. The summed E-state index contributed by atoms with van der Waals surface area (Å²) in [5.41, 5.74) is 0.721. The van der Waals surface area contributed by atoms with Crippen molar-refractivity contribution in [3.05, 3.63) is 46.2 Å². The molecule has 0 bridgehead atoms. The van der Waals surface area contributed by atoms with E-state index < -0.39 is 6.10 Å². The molecule has 1 rings (SSSR count). The molecule has 0 saturated carbocycles. The molecule has 0 saturated heterocycles. The number of benzene rings is 1. The zero-order valence-corrected chi connectivity index (χ0v) is 9.66. The molecule has 1 atom stereocenters. The maximum Gasteiger partial charge on any atom is 0.159 e. The fourth-order valence-electron chi connectivity index (χ4n) is 1.15. The fraction of sp³-hybridized carbons (Fsp3) is 0.182. The van der Waals surface area contributed by atoms with Gasteiger partial charge in [0.15, 0.2) is 5.78 Å². The van der Waals surface area contributed by atoms with Crippen molar-refractivity contribution < 1.29 is 14.3 Å². The highest BCUT2D eigenvalue weighted by molar-refractivity contribution is 9.11. The second kappa shape index (κ2) is 5.19. The van der Waals surface area contributed by atoms with Crippen molar-refractivity contribution in [1.82, 2.24) is 0 Å². The van der Waals surface area contributed by atoms with Gasteiger partial charge in [-0.05, 0) is 29.6 Å². The number of halogens is 2. The van der Waals surface area contributed by atoms with Crippen LogP contribution >= 0.6 is 15.9 Å². The maximum atomic E-state index is 12.6. The molecule has 0 amide bonds. The Hall–Kier alpha value is -1.00. The Morgan fingerprint density at radius 3 is 2.40 bits per heavy atom. The second-order valence-electron chi connectivity index (χ2n) is 3.07. The Balaban J connectivity index is 2.98. The van der Waals surface area contributed by atoms with Gasteiger partial charge in [-0.2, -0.15) is 0 Å². The Bertz CT molecular complexity index is 384. The Morgan fingerprint density at radius 2 is 2.00 bits per heavy atom. The smallest absolute Gasteiger partial charge is 0.159 e. The highest BCUT2D eigenvalue weighted by atomic mass is 79.9. The molecule has 0 heterocycles. The molecule has 2 nitrogen and oxygen atoms in total. The summed E-state index contributed by atoms with van der Waals surface area (Å²) in [5.74, 6) is -0.609. The monoisotopic (exact) mass is 272 g/mol. The van der Waals surface area contributed by atoms with E-state index in [0.29, 0.717) is 5.56 Å². The first-order chi connectivity index (χ1) is 7.06. The van der Waals surface area contributed by atoms with Crippen molar-refractivity contribution in [2.45, 2.75) is 13.0 Å². The van der Waals surface area contributed by atoms with Gasteiger partial charge in [0.05, 0.1) is 0 Å². The standard InChI is InChI=1S/C11H10BrFO2/c1-7(14)10(6-12)11(15)8-2-4-9(13)5-3-8/h2-6,11,15H,1H3/b10-6+. The van der Waals surface area contributed by atoms with Crippen molar-refractivity contribution in [2.24, 2.45) is 0 Å². The van der Waals surface area contributed by atoms with E-state index in [2.05, 4.69) is 15.9 Å². The predicted octanol–water partition coefficient (Wildman–Crippen LogP) is 2.73. The molecule has 0 aliphatic carbocycles. The summed E-state index contributed by atoms with van der Waals surface area (Å²) >= 11 is 3.01. The van der Waals surface area contributed by atoms with Gasteiger partial charge in [0.1, 0.15) is 11.9 Å². The highest BCUT2D eigenvalue weighted by Crippen LogP contribution is 2.23. The summed E-state index contributed by atoms with van der Waals surface area (Å²) in [6.45, 7) is 1.36. The lowest BCUT2D eigenvalue weighted by Gasteiger charge is -2.11. The van der Waals surface area contributed by atoms with Crippen molar-refractivity contribution in [3.8, 4) is 0 Å². The van der Waals surface area contributed by atoms with E-state index in [1.165, 1.54) is 36.2 Å². The van der Waals surface area contributed by atoms with Crippen LogP contribution in [0.1, 0.15) is 18.6 Å². The Morgan fingerprint density at radius 1 is 1.47 bits per heavy atom. The first-order valence-corrected chi connectivity index (χ1v) is 5.22. The maximum absolute atomic E-state index is 12.6. The Kier molecular flexibility index (Phi) is 4.17. The third-order valence-electron chi connectivity index (χ3n) is 2.00. The summed E-state index contributed by atoms with van der Waals surface area (Å²) in [6.07, 6.45) is -1.03. The van der Waals surface area contributed by atoms with E-state index in [0.717, 1.165) is 0 Å². The number of Topliss-reactive ketones (excluding diaryl/α,β-unsaturated/α-hetero) is 1. The van der Waals surface area contributed by atoms with Crippen LogP contribution in [0.25, 0.3) is 0 Å². The van der Waals surface area contributed by atoms with Gasteiger partial charge in [-0.3, -0.25) is 4.79 Å². The summed E-state index contributed by atoms with van der Waals surface area (Å²) < 4.78 is 12.6. The largest absolute Gasteiger partial charge is 0.384 e. The molecule has 1 N–H and O–H groups in total. The highest BCUT2D eigenvalue weighted by Gasteiger charge is 2.16. The number of hydrogen-bond donors (Lipinski definition) is 1. The van der Waals surface area contributed by atoms with Gasteiger partial charge in [-0.1, -0.05) is 28.1 Å². The molecule has 1 aromatic carbocycles. The van der Waals surface area contributed by atoms with E-state index in [1.54, 1.807) is 0 Å². The molecule has 15 heavy (non-hydrogen) atoms. The molecular formula is C11H10BrFO2. The number of carbonyl (C=O) groups excluding carboxylic acids is 1. The van der Waals surface area contributed by atoms with E-state index >= 15 is 0 Å². The molecule has 1 unspecified atom stereocenters. The average molecular weight is 273 g/mol. The zero-order valence-electron chi connectivity index (χ0n) is 8.08. The van der Waals surface area contributed by atoms with Gasteiger partial charge in [-0.25, -0.2) is 4.39 Å². The van der Waals surface area contributed by atoms with E-state index in [1.807, 2.05) is 0 Å². The minimum Gasteiger partial charge on any atom is -0.384 e. The molecular weight excluding hydrogens is 263 g/mol. The molecule has 80 valence electrons. The minimum atomic E-state index is -1.03. The lowest BCUT2D eigenvalue weighted by Crippen LogP contribution is -2.08. The van der Waals surface area contributed by atoms with Gasteiger partial charge in [-0.15, -0.1) is 0 Å². The van der Waals surface area contributed by atoms with Crippen LogP contribution < -0.4 is 0 Å². The molecule has 0 aromatic heterocycles. The van der Waals surface area contributed by atoms with Crippen molar-refractivity contribution in [2.75, 3.05) is 0 Å². The minimum absolute atomic E-state index is 0.233. The SMILES string of the molecule is CC(=O)/C(=C\Br)C(O)c1ccc(F)cc1. The third-order valence-corrected chi connectivity index (χ3v) is 2.50. The number of hydrogen-bond acceptors (Lipinski definition) is 2. The van der Waals surface area contributed by atoms with Crippen molar-refractivity contribution in [1.29, 1.82) is 0 Å². The van der Waals surface area contributed by atoms with E-state index in [-0.39, 0.29) is 17.2 Å². The van der Waals surface area contributed by atoms with Crippen LogP contribution in [0.15, 0.2) is 34.8 Å². The average Bonchev–Trinajstić information content (AvgIpc) is 2.19. The topological polar surface area (TPSA) is 37.3 Å². The van der Waals surface area contributed by atoms with Crippen LogP contribution in [-0.2, 0) is 4.79 Å². The van der Waals surface area contributed by atoms with Crippen molar-refractivity contribution in [3.63, 3.8) is 0 Å². The van der Waals surface area contributed by atoms with Crippen molar-refractivity contribution >= 4 is 21.7 Å². The number of aliphatic hydroxyl groups is 1. The number of carbonyl (C=O) groups is 1. The van der Waals surface area contributed by atoms with E-state index in [9.17, 15) is 14.3 Å². The number of ketones is 1. The predicted molar refractivity (Wildman–Crippen MR) is 59.1 cm³/mol. The van der Waals surface area contributed by atoms with Gasteiger partial charge in [0.25, 0.3) is 0 Å². The van der Waals surface area contributed by atoms with Crippen LogP contribution in [0.4, 0.5) is 4.39 Å². The fourth-order valence-corrected chi connectivity index (χ4v) is 1.73. The van der Waals surface area contributed by atoms with Crippen LogP contribution in [0.3, 0.4) is 0 Å². The van der Waals surface area contributed by atoms with Gasteiger partial charge >= 0.3 is 0 Å². The molecule has 0 spiro atoms. The van der Waals surface area contributed by atoms with Crippen LogP contribution in [0.5, 0.6) is 0 Å². The molecule has 0 radical (unpaired) electrons.